The van der Waals surface area contributed by atoms with Crippen molar-refractivity contribution in [2.75, 3.05) is 13.1 Å². The first kappa shape index (κ1) is 10.4. The fraction of sp³-hybridized carbons (Fsp3) is 0.417. The predicted octanol–water partition coefficient (Wildman–Crippen LogP) is 1.16. The molecule has 2 heterocycles. The van der Waals surface area contributed by atoms with E-state index in [1.165, 1.54) is 0 Å². The number of ether oxygens (including phenoxy) is 1. The van der Waals surface area contributed by atoms with Gasteiger partial charge in [0.15, 0.2) is 0 Å². The number of rotatable bonds is 2. The number of nitrogens with one attached hydrogen (secondary N) is 1. The molecular weight excluding hydrogens is 216 g/mol. The van der Waals surface area contributed by atoms with Crippen LogP contribution in [-0.2, 0) is 0 Å². The lowest BCUT2D eigenvalue weighted by Crippen LogP contribution is -2.37. The zero-order valence-electron chi connectivity index (χ0n) is 9.47. The molecule has 2 aromatic rings. The van der Waals surface area contributed by atoms with Crippen molar-refractivity contribution >= 4 is 11.0 Å². The Kier molecular flexibility index (Phi) is 2.83. The summed E-state index contributed by atoms with van der Waals surface area (Å²) in [6, 6.07) is 8.03. The van der Waals surface area contributed by atoms with Gasteiger partial charge < -0.3 is 10.1 Å². The van der Waals surface area contributed by atoms with Crippen molar-refractivity contribution in [2.45, 2.75) is 18.9 Å². The van der Waals surface area contributed by atoms with Crippen molar-refractivity contribution in [1.82, 2.24) is 20.5 Å². The van der Waals surface area contributed by atoms with Crippen LogP contribution in [-0.4, -0.2) is 34.4 Å². The van der Waals surface area contributed by atoms with Crippen molar-refractivity contribution in [3.05, 3.63) is 24.3 Å². The van der Waals surface area contributed by atoms with Gasteiger partial charge in [0.2, 0.25) is 0 Å². The molecule has 17 heavy (non-hydrogen) atoms. The summed E-state index contributed by atoms with van der Waals surface area (Å²) < 4.78 is 5.72. The van der Waals surface area contributed by atoms with Crippen molar-refractivity contribution in [3.63, 3.8) is 0 Å². The molecule has 1 aromatic carbocycles. The van der Waals surface area contributed by atoms with Gasteiger partial charge in [0.1, 0.15) is 11.6 Å². The van der Waals surface area contributed by atoms with E-state index in [0.29, 0.717) is 6.01 Å². The molecule has 5 nitrogen and oxygen atoms in total. The second kappa shape index (κ2) is 4.63. The number of para-hydroxylation sites is 1. The number of aromatic nitrogens is 3. The summed E-state index contributed by atoms with van der Waals surface area (Å²) in [6.07, 6.45) is 2.33. The Labute approximate surface area is 99.2 Å². The molecule has 88 valence electrons. The lowest BCUT2D eigenvalue weighted by molar-refractivity contribution is 0.152. The molecule has 1 aliphatic rings. The van der Waals surface area contributed by atoms with E-state index in [0.717, 1.165) is 37.0 Å². The average molecular weight is 230 g/mol. The Balaban J connectivity index is 1.80. The maximum atomic E-state index is 5.72. The molecule has 0 spiro atoms. The minimum Gasteiger partial charge on any atom is -0.458 e. The lowest BCUT2D eigenvalue weighted by Gasteiger charge is -2.22. The van der Waals surface area contributed by atoms with Crippen LogP contribution in [0.4, 0.5) is 0 Å². The van der Waals surface area contributed by atoms with Gasteiger partial charge in [-0.1, -0.05) is 17.2 Å². The van der Waals surface area contributed by atoms with Crippen LogP contribution in [0.3, 0.4) is 0 Å². The van der Waals surface area contributed by atoms with E-state index >= 15 is 0 Å². The Hall–Kier alpha value is -1.75. The number of hydrogen-bond acceptors (Lipinski definition) is 5. The number of nitrogens with zero attached hydrogens (tertiary/aromatic N) is 3. The summed E-state index contributed by atoms with van der Waals surface area (Å²) in [5, 5.41) is 11.4. The highest BCUT2D eigenvalue weighted by Crippen LogP contribution is 2.13. The quantitative estimate of drug-likeness (QED) is 0.838. The zero-order chi connectivity index (χ0) is 11.5. The van der Waals surface area contributed by atoms with Gasteiger partial charge in [-0.3, -0.25) is 0 Å². The van der Waals surface area contributed by atoms with Gasteiger partial charge in [-0.05, 0) is 31.5 Å². The van der Waals surface area contributed by atoms with Gasteiger partial charge in [0, 0.05) is 6.54 Å². The second-order valence-corrected chi connectivity index (χ2v) is 4.17. The van der Waals surface area contributed by atoms with Crippen molar-refractivity contribution < 1.29 is 4.74 Å². The first-order valence-electron chi connectivity index (χ1n) is 5.89. The van der Waals surface area contributed by atoms with Crippen molar-refractivity contribution in [3.8, 4) is 6.01 Å². The molecule has 0 bridgehead atoms. The fourth-order valence-electron chi connectivity index (χ4n) is 1.98. The first-order valence-corrected chi connectivity index (χ1v) is 5.89. The van der Waals surface area contributed by atoms with Crippen LogP contribution < -0.4 is 10.1 Å². The van der Waals surface area contributed by atoms with Crippen LogP contribution in [0.2, 0.25) is 0 Å². The molecule has 0 radical (unpaired) electrons. The highest BCUT2D eigenvalue weighted by atomic mass is 16.5. The van der Waals surface area contributed by atoms with Crippen LogP contribution in [0.25, 0.3) is 11.0 Å². The Morgan fingerprint density at radius 3 is 2.88 bits per heavy atom. The monoisotopic (exact) mass is 230 g/mol. The third-order valence-corrected chi connectivity index (χ3v) is 2.86. The summed E-state index contributed by atoms with van der Waals surface area (Å²) in [5.74, 6) is 0. The fourth-order valence-corrected chi connectivity index (χ4v) is 1.98. The number of hydrogen-bond donors (Lipinski definition) is 1. The van der Waals surface area contributed by atoms with Gasteiger partial charge in [0.05, 0.1) is 5.52 Å². The van der Waals surface area contributed by atoms with E-state index in [-0.39, 0.29) is 6.10 Å². The van der Waals surface area contributed by atoms with Gasteiger partial charge in [-0.15, -0.1) is 5.10 Å². The maximum Gasteiger partial charge on any atom is 0.336 e. The third kappa shape index (κ3) is 2.34. The van der Waals surface area contributed by atoms with Gasteiger partial charge in [-0.25, -0.2) is 0 Å². The highest BCUT2D eigenvalue weighted by molar-refractivity contribution is 5.73. The zero-order valence-corrected chi connectivity index (χ0v) is 9.47. The molecule has 0 amide bonds. The molecule has 3 rings (SSSR count). The molecule has 1 fully saturated rings. The van der Waals surface area contributed by atoms with Crippen LogP contribution >= 0.6 is 0 Å². The standard InChI is InChI=1S/C12H14N4O/c1-2-6-11-10(5-1)14-12(16-15-11)17-9-4-3-7-13-8-9/h1-2,5-6,9,13H,3-4,7-8H2/t9-/m0/s1. The normalized spacial score (nSPS) is 20.4. The van der Waals surface area contributed by atoms with Crippen LogP contribution in [0, 0.1) is 0 Å². The smallest absolute Gasteiger partial charge is 0.336 e. The summed E-state index contributed by atoms with van der Waals surface area (Å²) in [6.45, 7) is 1.92. The minimum atomic E-state index is 0.159. The average Bonchev–Trinajstić information content (AvgIpc) is 2.40. The van der Waals surface area contributed by atoms with Gasteiger partial charge >= 0.3 is 6.01 Å². The third-order valence-electron chi connectivity index (χ3n) is 2.86. The Morgan fingerprint density at radius 2 is 2.06 bits per heavy atom. The summed E-state index contributed by atoms with van der Waals surface area (Å²) in [5.41, 5.74) is 1.61. The summed E-state index contributed by atoms with van der Waals surface area (Å²) in [7, 11) is 0. The Bertz CT molecular complexity index is 511. The van der Waals surface area contributed by atoms with E-state index < -0.39 is 0 Å². The molecule has 0 aliphatic carbocycles. The molecule has 0 saturated carbocycles. The van der Waals surface area contributed by atoms with Gasteiger partial charge in [0.25, 0.3) is 0 Å². The van der Waals surface area contributed by atoms with E-state index in [9.17, 15) is 0 Å². The van der Waals surface area contributed by atoms with E-state index in [2.05, 4.69) is 20.5 Å². The number of fused-ring (bicyclic) bond motifs is 1. The molecule has 1 N–H and O–H groups in total. The molecule has 1 saturated heterocycles. The first-order chi connectivity index (χ1) is 8.42. The van der Waals surface area contributed by atoms with E-state index in [1.54, 1.807) is 0 Å². The molecule has 0 unspecified atom stereocenters. The topological polar surface area (TPSA) is 59.9 Å². The molecule has 1 aromatic heterocycles. The number of piperidine rings is 1. The van der Waals surface area contributed by atoms with E-state index in [1.807, 2.05) is 24.3 Å². The largest absolute Gasteiger partial charge is 0.458 e. The Morgan fingerprint density at radius 1 is 1.18 bits per heavy atom. The van der Waals surface area contributed by atoms with Crippen LogP contribution in [0.1, 0.15) is 12.8 Å². The van der Waals surface area contributed by atoms with Crippen LogP contribution in [0.15, 0.2) is 24.3 Å². The minimum absolute atomic E-state index is 0.159. The molecule has 5 heteroatoms. The van der Waals surface area contributed by atoms with Gasteiger partial charge in [-0.2, -0.15) is 4.98 Å². The number of benzene rings is 1. The van der Waals surface area contributed by atoms with Crippen molar-refractivity contribution in [1.29, 1.82) is 0 Å². The van der Waals surface area contributed by atoms with Crippen LogP contribution in [0.5, 0.6) is 6.01 Å². The second-order valence-electron chi connectivity index (χ2n) is 4.17. The maximum absolute atomic E-state index is 5.72. The SMILES string of the molecule is c1ccc2nc(O[C@H]3CCCNC3)nnc2c1. The van der Waals surface area contributed by atoms with Crippen molar-refractivity contribution in [2.24, 2.45) is 0 Å². The predicted molar refractivity (Wildman–Crippen MR) is 63.9 cm³/mol. The molecule has 1 atom stereocenters. The highest BCUT2D eigenvalue weighted by Gasteiger charge is 2.15. The summed E-state index contributed by atoms with van der Waals surface area (Å²) in [4.78, 5) is 4.35. The summed E-state index contributed by atoms with van der Waals surface area (Å²) >= 11 is 0. The lowest BCUT2D eigenvalue weighted by atomic mass is 10.1. The molecule has 1 aliphatic heterocycles. The molecular formula is C12H14N4O. The van der Waals surface area contributed by atoms with E-state index in [4.69, 9.17) is 4.74 Å².